The van der Waals surface area contributed by atoms with Gasteiger partial charge in [0, 0.05) is 0 Å². The molecule has 72 valence electrons. The first-order valence-corrected chi connectivity index (χ1v) is 5.30. The quantitative estimate of drug-likeness (QED) is 0.738. The maximum atomic E-state index is 12.9. The van der Waals surface area contributed by atoms with Crippen molar-refractivity contribution in [2.45, 2.75) is 11.8 Å². The average Bonchev–Trinajstić information content (AvgIpc) is 2.09. The molecule has 5 heteroatoms. The van der Waals surface area contributed by atoms with Gasteiger partial charge in [-0.3, -0.25) is 0 Å². The number of hydrogen-bond donors (Lipinski definition) is 0. The smallest absolute Gasteiger partial charge is 0.181 e. The third-order valence-electron chi connectivity index (χ3n) is 1.61. The molecule has 13 heavy (non-hydrogen) atoms. The van der Waals surface area contributed by atoms with Crippen LogP contribution in [0, 0.1) is 11.6 Å². The highest BCUT2D eigenvalue weighted by molar-refractivity contribution is 7.91. The Morgan fingerprint density at radius 2 is 1.92 bits per heavy atom. The molecule has 0 aliphatic rings. The van der Waals surface area contributed by atoms with E-state index in [2.05, 4.69) is 0 Å². The summed E-state index contributed by atoms with van der Waals surface area (Å²) in [6.07, 6.45) is 0. The topological polar surface area (TPSA) is 34.1 Å². The fourth-order valence-corrected chi connectivity index (χ4v) is 1.84. The predicted molar refractivity (Wildman–Crippen MR) is 44.1 cm³/mol. The van der Waals surface area contributed by atoms with Crippen molar-refractivity contribution in [2.75, 3.05) is 5.75 Å². The molecule has 0 saturated carbocycles. The van der Waals surface area contributed by atoms with Gasteiger partial charge in [-0.25, -0.2) is 17.2 Å². The van der Waals surface area contributed by atoms with Crippen LogP contribution in [0.5, 0.6) is 0 Å². The standard InChI is InChI=1S/C8H8F2O2S/c1-2-13(11,12)8-5-6(9)3-4-7(8)10/h3-5H,2H2,1H3. The zero-order valence-corrected chi connectivity index (χ0v) is 7.74. The Balaban J connectivity index is 3.38. The summed E-state index contributed by atoms with van der Waals surface area (Å²) in [6.45, 7) is 1.37. The molecule has 0 aliphatic heterocycles. The predicted octanol–water partition coefficient (Wildman–Crippen LogP) is 1.76. The molecule has 0 aliphatic carbocycles. The minimum absolute atomic E-state index is 0.243. The first-order valence-electron chi connectivity index (χ1n) is 3.65. The zero-order valence-electron chi connectivity index (χ0n) is 6.92. The molecule has 1 aromatic carbocycles. The van der Waals surface area contributed by atoms with Crippen LogP contribution in [0.4, 0.5) is 8.78 Å². The van der Waals surface area contributed by atoms with Crippen molar-refractivity contribution in [1.29, 1.82) is 0 Å². The summed E-state index contributed by atoms with van der Waals surface area (Å²) in [4.78, 5) is -0.574. The zero-order chi connectivity index (χ0) is 10.1. The molecule has 0 radical (unpaired) electrons. The van der Waals surface area contributed by atoms with Crippen molar-refractivity contribution >= 4 is 9.84 Å². The monoisotopic (exact) mass is 206 g/mol. The molecule has 1 aromatic rings. The largest absolute Gasteiger partial charge is 0.224 e. The second-order valence-corrected chi connectivity index (χ2v) is 4.72. The number of halogens is 2. The second-order valence-electron chi connectivity index (χ2n) is 2.48. The minimum atomic E-state index is -3.67. The molecular weight excluding hydrogens is 198 g/mol. The Morgan fingerprint density at radius 1 is 1.31 bits per heavy atom. The van der Waals surface area contributed by atoms with Gasteiger partial charge < -0.3 is 0 Å². The SMILES string of the molecule is CCS(=O)(=O)c1cc(F)ccc1F. The summed E-state index contributed by atoms with van der Waals surface area (Å²) in [5, 5.41) is 0. The summed E-state index contributed by atoms with van der Waals surface area (Å²) in [7, 11) is -3.67. The van der Waals surface area contributed by atoms with Crippen LogP contribution < -0.4 is 0 Å². The van der Waals surface area contributed by atoms with Crippen molar-refractivity contribution < 1.29 is 17.2 Å². The van der Waals surface area contributed by atoms with Gasteiger partial charge in [0.05, 0.1) is 5.75 Å². The molecule has 0 atom stereocenters. The average molecular weight is 206 g/mol. The van der Waals surface area contributed by atoms with Crippen LogP contribution in [0.2, 0.25) is 0 Å². The van der Waals surface area contributed by atoms with Crippen LogP contribution in [-0.2, 0) is 9.84 Å². The molecule has 0 amide bonds. The van der Waals surface area contributed by atoms with Crippen molar-refractivity contribution in [2.24, 2.45) is 0 Å². The van der Waals surface area contributed by atoms with Gasteiger partial charge in [0.1, 0.15) is 16.5 Å². The van der Waals surface area contributed by atoms with Crippen molar-refractivity contribution in [1.82, 2.24) is 0 Å². The Labute approximate surface area is 75.1 Å². The summed E-state index contributed by atoms with van der Waals surface area (Å²) < 4.78 is 47.8. The van der Waals surface area contributed by atoms with E-state index in [0.717, 1.165) is 12.1 Å². The van der Waals surface area contributed by atoms with E-state index in [4.69, 9.17) is 0 Å². The van der Waals surface area contributed by atoms with Gasteiger partial charge in [-0.1, -0.05) is 6.92 Å². The van der Waals surface area contributed by atoms with E-state index < -0.39 is 26.4 Å². The van der Waals surface area contributed by atoms with Gasteiger partial charge in [-0.05, 0) is 18.2 Å². The molecule has 0 heterocycles. The van der Waals surface area contributed by atoms with E-state index in [1.807, 2.05) is 0 Å². The molecule has 2 nitrogen and oxygen atoms in total. The Hall–Kier alpha value is -0.970. The maximum absolute atomic E-state index is 12.9. The second kappa shape index (κ2) is 3.41. The number of benzene rings is 1. The molecule has 0 bridgehead atoms. The Kier molecular flexibility index (Phi) is 2.66. The van der Waals surface area contributed by atoms with Crippen molar-refractivity contribution in [3.63, 3.8) is 0 Å². The number of rotatable bonds is 2. The third kappa shape index (κ3) is 2.03. The van der Waals surface area contributed by atoms with E-state index in [0.29, 0.717) is 6.07 Å². The normalized spacial score (nSPS) is 11.6. The van der Waals surface area contributed by atoms with E-state index in [1.165, 1.54) is 6.92 Å². The molecule has 0 saturated heterocycles. The summed E-state index contributed by atoms with van der Waals surface area (Å²) in [5.41, 5.74) is 0. The number of hydrogen-bond acceptors (Lipinski definition) is 2. The highest BCUT2D eigenvalue weighted by atomic mass is 32.2. The van der Waals surface area contributed by atoms with Gasteiger partial charge in [0.2, 0.25) is 0 Å². The van der Waals surface area contributed by atoms with Crippen molar-refractivity contribution in [3.05, 3.63) is 29.8 Å². The Morgan fingerprint density at radius 3 is 2.46 bits per heavy atom. The summed E-state index contributed by atoms with van der Waals surface area (Å²) in [6, 6.07) is 2.37. The molecule has 0 fully saturated rings. The molecule has 0 unspecified atom stereocenters. The Bertz CT molecular complexity index is 412. The van der Waals surface area contributed by atoms with Gasteiger partial charge in [0.25, 0.3) is 0 Å². The van der Waals surface area contributed by atoms with Crippen LogP contribution in [-0.4, -0.2) is 14.2 Å². The van der Waals surface area contributed by atoms with Gasteiger partial charge in [-0.15, -0.1) is 0 Å². The third-order valence-corrected chi connectivity index (χ3v) is 3.35. The lowest BCUT2D eigenvalue weighted by molar-refractivity contribution is 0.554. The van der Waals surface area contributed by atoms with Gasteiger partial charge in [-0.2, -0.15) is 0 Å². The van der Waals surface area contributed by atoms with Crippen LogP contribution in [0.1, 0.15) is 6.92 Å². The lowest BCUT2D eigenvalue weighted by Gasteiger charge is -2.02. The molecular formula is C8H8F2O2S. The summed E-state index contributed by atoms with van der Waals surface area (Å²) >= 11 is 0. The van der Waals surface area contributed by atoms with Crippen LogP contribution in [0.15, 0.2) is 23.1 Å². The van der Waals surface area contributed by atoms with Crippen LogP contribution in [0.25, 0.3) is 0 Å². The van der Waals surface area contributed by atoms with E-state index >= 15 is 0 Å². The highest BCUT2D eigenvalue weighted by Crippen LogP contribution is 2.16. The molecule has 0 N–H and O–H groups in total. The first kappa shape index (κ1) is 10.1. The van der Waals surface area contributed by atoms with E-state index in [-0.39, 0.29) is 5.75 Å². The lowest BCUT2D eigenvalue weighted by atomic mass is 10.3. The molecule has 1 rings (SSSR count). The minimum Gasteiger partial charge on any atom is -0.224 e. The highest BCUT2D eigenvalue weighted by Gasteiger charge is 2.17. The van der Waals surface area contributed by atoms with Crippen LogP contribution in [0.3, 0.4) is 0 Å². The molecule has 0 spiro atoms. The first-order chi connectivity index (χ1) is 5.97. The van der Waals surface area contributed by atoms with Gasteiger partial charge in [0.15, 0.2) is 9.84 Å². The lowest BCUT2D eigenvalue weighted by Crippen LogP contribution is -2.06. The van der Waals surface area contributed by atoms with Gasteiger partial charge >= 0.3 is 0 Å². The fraction of sp³-hybridized carbons (Fsp3) is 0.250. The fourth-order valence-electron chi connectivity index (χ4n) is 0.871. The maximum Gasteiger partial charge on any atom is 0.181 e. The summed E-state index contributed by atoms with van der Waals surface area (Å²) in [5.74, 6) is -1.91. The van der Waals surface area contributed by atoms with Crippen molar-refractivity contribution in [3.8, 4) is 0 Å². The van der Waals surface area contributed by atoms with Crippen LogP contribution >= 0.6 is 0 Å². The van der Waals surface area contributed by atoms with E-state index in [9.17, 15) is 17.2 Å². The molecule has 0 aromatic heterocycles. The number of sulfone groups is 1. The van der Waals surface area contributed by atoms with E-state index in [1.54, 1.807) is 0 Å².